The van der Waals surface area contributed by atoms with Crippen LogP contribution in [0.3, 0.4) is 0 Å². The number of aromatic nitrogens is 3. The number of hydrogen-bond acceptors (Lipinski definition) is 11. The Morgan fingerprint density at radius 2 is 1.62 bits per heavy atom. The van der Waals surface area contributed by atoms with Crippen LogP contribution in [0, 0.1) is 0 Å². The fraction of sp³-hybridized carbons (Fsp3) is 0.533. The van der Waals surface area contributed by atoms with Crippen molar-refractivity contribution in [3.63, 3.8) is 0 Å². The Labute approximate surface area is 357 Å². The van der Waals surface area contributed by atoms with E-state index in [1.165, 1.54) is 4.90 Å². The number of nitrogens with one attached hydrogen (secondary N) is 3. The van der Waals surface area contributed by atoms with E-state index in [1.54, 1.807) is 41.5 Å². The number of amides is 4. The summed E-state index contributed by atoms with van der Waals surface area (Å²) in [6, 6.07) is 15.3. The summed E-state index contributed by atoms with van der Waals surface area (Å²) in [7, 11) is 0. The summed E-state index contributed by atoms with van der Waals surface area (Å²) >= 11 is 0. The monoisotopic (exact) mass is 843 g/mol. The molecule has 1 aliphatic rings. The van der Waals surface area contributed by atoms with Crippen LogP contribution < -0.4 is 16.0 Å². The highest BCUT2D eigenvalue weighted by atomic mass is 16.6. The van der Waals surface area contributed by atoms with Gasteiger partial charge >= 0.3 is 12.2 Å². The first-order chi connectivity index (χ1) is 28.8. The molecule has 0 spiro atoms. The van der Waals surface area contributed by atoms with Gasteiger partial charge in [0.25, 0.3) is 0 Å². The number of ketones is 1. The molecule has 2 atom stereocenters. The zero-order chi connectivity index (χ0) is 44.5. The Hall–Kier alpha value is -5.61. The van der Waals surface area contributed by atoms with E-state index in [0.717, 1.165) is 16.5 Å². The number of alkyl carbamates (subject to hydrolysis) is 1. The van der Waals surface area contributed by atoms with Crippen LogP contribution in [-0.4, -0.2) is 104 Å². The quantitative estimate of drug-likeness (QED) is 0.103. The third-order valence-electron chi connectivity index (χ3n) is 10.2. The number of rotatable bonds is 18. The molecule has 4 amide bonds. The van der Waals surface area contributed by atoms with Crippen LogP contribution in [0.1, 0.15) is 92.2 Å². The predicted octanol–water partition coefficient (Wildman–Crippen LogP) is 5.75. The van der Waals surface area contributed by atoms with Gasteiger partial charge in [-0.05, 0) is 86.8 Å². The largest absolute Gasteiger partial charge is 0.445 e. The van der Waals surface area contributed by atoms with Crippen LogP contribution in [-0.2, 0) is 59.5 Å². The summed E-state index contributed by atoms with van der Waals surface area (Å²) in [6.07, 6.45) is -0.254. The van der Waals surface area contributed by atoms with E-state index >= 15 is 0 Å². The van der Waals surface area contributed by atoms with Crippen LogP contribution in [0.2, 0.25) is 0 Å². The highest BCUT2D eigenvalue weighted by Crippen LogP contribution is 2.31. The van der Waals surface area contributed by atoms with Crippen LogP contribution in [0.25, 0.3) is 21.9 Å². The molecule has 5 rings (SSSR count). The summed E-state index contributed by atoms with van der Waals surface area (Å²) in [4.78, 5) is 77.0. The van der Waals surface area contributed by atoms with Gasteiger partial charge in [-0.1, -0.05) is 48.5 Å². The van der Waals surface area contributed by atoms with Gasteiger partial charge in [0.05, 0.1) is 47.9 Å². The van der Waals surface area contributed by atoms with E-state index in [9.17, 15) is 24.0 Å². The lowest BCUT2D eigenvalue weighted by atomic mass is 10.0. The normalized spacial score (nSPS) is 15.1. The number of hydrogen-bond donors (Lipinski definition) is 3. The van der Waals surface area contributed by atoms with Gasteiger partial charge in [-0.25, -0.2) is 19.6 Å². The first-order valence-electron chi connectivity index (χ1n) is 20.9. The van der Waals surface area contributed by atoms with Gasteiger partial charge < -0.3 is 39.5 Å². The average molecular weight is 844 g/mol. The highest BCUT2D eigenvalue weighted by molar-refractivity contribution is 6.05. The second-order valence-corrected chi connectivity index (χ2v) is 17.4. The molecule has 0 bridgehead atoms. The van der Waals surface area contributed by atoms with Crippen molar-refractivity contribution in [1.82, 2.24) is 35.4 Å². The molecule has 0 saturated carbocycles. The molecule has 1 fully saturated rings. The van der Waals surface area contributed by atoms with Gasteiger partial charge in [0.15, 0.2) is 5.78 Å². The maximum Gasteiger partial charge on any atom is 0.410 e. The van der Waals surface area contributed by atoms with Gasteiger partial charge in [0, 0.05) is 25.1 Å². The van der Waals surface area contributed by atoms with Gasteiger partial charge in [0.1, 0.15) is 41.7 Å². The van der Waals surface area contributed by atoms with Gasteiger partial charge in [-0.15, -0.1) is 0 Å². The molecular formula is C45H61N7O9. The Morgan fingerprint density at radius 3 is 2.33 bits per heavy atom. The summed E-state index contributed by atoms with van der Waals surface area (Å²) in [6.45, 7) is 17.7. The lowest BCUT2D eigenvalue weighted by Gasteiger charge is -2.28. The van der Waals surface area contributed by atoms with Crippen molar-refractivity contribution >= 4 is 51.7 Å². The van der Waals surface area contributed by atoms with Gasteiger partial charge in [-0.2, -0.15) is 0 Å². The molecule has 61 heavy (non-hydrogen) atoms. The van der Waals surface area contributed by atoms with Crippen molar-refractivity contribution in [3.8, 4) is 0 Å². The molecule has 16 nitrogen and oxygen atoms in total. The number of nitrogens with zero attached hydrogens (tertiary/aromatic N) is 4. The van der Waals surface area contributed by atoms with E-state index in [-0.39, 0.29) is 38.6 Å². The number of ether oxygens (including phenoxy) is 4. The standard InChI is InChI=1S/C45H61N7O9/c1-10-58-27-36-49-37-33(25-35(53)29(2)47-39(54)34-21-16-23-51(34)42(57)61-43(3,4)5)48-32-20-15-14-19-31(32)38(37)52(36)28-44(6,7)60-24-22-46-40(55)45(8,9)50-41(56)59-26-30-17-12-11-13-18-30/h11-15,17-20,29,34H,10,16,21-28H2,1-9H3,(H,46,55)(H,47,54)(H,50,56)/t29-,34?/m0/s1. The molecule has 2 aromatic heterocycles. The van der Waals surface area contributed by atoms with Crippen molar-refractivity contribution in [2.24, 2.45) is 0 Å². The molecule has 0 aliphatic carbocycles. The highest BCUT2D eigenvalue weighted by Gasteiger charge is 2.38. The van der Waals surface area contributed by atoms with Crippen LogP contribution in [0.4, 0.5) is 9.59 Å². The van der Waals surface area contributed by atoms with Crippen LogP contribution in [0.5, 0.6) is 0 Å². The van der Waals surface area contributed by atoms with E-state index in [1.807, 2.05) is 79.9 Å². The summed E-state index contributed by atoms with van der Waals surface area (Å²) in [5.41, 5.74) is 0.511. The Morgan fingerprint density at radius 1 is 0.918 bits per heavy atom. The second-order valence-electron chi connectivity index (χ2n) is 17.4. The number of Topliss-reactive ketones (excluding diaryl/α,β-unsaturated/α-hetero) is 1. The Bertz CT molecular complexity index is 2200. The molecular weight excluding hydrogens is 783 g/mol. The van der Waals surface area contributed by atoms with E-state index in [0.29, 0.717) is 55.1 Å². The molecule has 4 aromatic rings. The van der Waals surface area contributed by atoms with Gasteiger partial charge in [0.2, 0.25) is 11.8 Å². The van der Waals surface area contributed by atoms with Crippen molar-refractivity contribution < 1.29 is 42.9 Å². The van der Waals surface area contributed by atoms with Crippen molar-refractivity contribution in [3.05, 3.63) is 71.7 Å². The Balaban J connectivity index is 1.27. The number of para-hydroxylation sites is 1. The molecule has 1 saturated heterocycles. The maximum atomic E-state index is 13.8. The Kier molecular flexibility index (Phi) is 15.1. The third kappa shape index (κ3) is 12.5. The minimum Gasteiger partial charge on any atom is -0.445 e. The molecule has 3 heterocycles. The van der Waals surface area contributed by atoms with E-state index in [4.69, 9.17) is 28.9 Å². The second kappa shape index (κ2) is 19.8. The number of benzene rings is 2. The third-order valence-corrected chi connectivity index (χ3v) is 10.2. The molecule has 3 N–H and O–H groups in total. The molecule has 1 aliphatic heterocycles. The average Bonchev–Trinajstić information content (AvgIpc) is 3.83. The minimum atomic E-state index is -1.25. The zero-order valence-electron chi connectivity index (χ0n) is 36.9. The summed E-state index contributed by atoms with van der Waals surface area (Å²) < 4.78 is 25.1. The lowest BCUT2D eigenvalue weighted by molar-refractivity contribution is -0.130. The lowest BCUT2D eigenvalue weighted by Crippen LogP contribution is -2.55. The number of carbonyl (C=O) groups excluding carboxylic acids is 5. The van der Waals surface area contributed by atoms with Crippen LogP contribution >= 0.6 is 0 Å². The first kappa shape index (κ1) is 46.5. The summed E-state index contributed by atoms with van der Waals surface area (Å²) in [5, 5.41) is 9.12. The fourth-order valence-electron chi connectivity index (χ4n) is 7.04. The molecule has 1 unspecified atom stereocenters. The topological polar surface area (TPSA) is 192 Å². The summed E-state index contributed by atoms with van der Waals surface area (Å²) in [5.74, 6) is -0.467. The number of carbonyl (C=O) groups is 5. The van der Waals surface area contributed by atoms with Crippen molar-refractivity contribution in [1.29, 1.82) is 0 Å². The van der Waals surface area contributed by atoms with E-state index in [2.05, 4.69) is 16.0 Å². The maximum absolute atomic E-state index is 13.8. The number of imidazole rings is 1. The SMILES string of the molecule is CCOCc1nc2c(CC(=O)[C@H](C)NC(=O)C3CCCN3C(=O)OC(C)(C)C)nc3ccccc3c2n1CC(C)(C)OCCNC(=O)C(C)(C)NC(=O)OCc1ccccc1. The van der Waals surface area contributed by atoms with Crippen molar-refractivity contribution in [2.45, 2.75) is 130 Å². The van der Waals surface area contributed by atoms with Crippen LogP contribution in [0.15, 0.2) is 54.6 Å². The fourth-order valence-corrected chi connectivity index (χ4v) is 7.04. The minimum absolute atomic E-state index is 0.0790. The first-order valence-corrected chi connectivity index (χ1v) is 20.9. The molecule has 330 valence electrons. The number of fused-ring (bicyclic) bond motifs is 3. The van der Waals surface area contributed by atoms with Gasteiger partial charge in [-0.3, -0.25) is 19.3 Å². The van der Waals surface area contributed by atoms with Crippen molar-refractivity contribution in [2.75, 3.05) is 26.3 Å². The smallest absolute Gasteiger partial charge is 0.410 e. The van der Waals surface area contributed by atoms with E-state index < -0.39 is 52.8 Å². The molecule has 2 aromatic carbocycles. The number of likely N-dealkylation sites (tertiary alicyclic amines) is 1. The molecule has 0 radical (unpaired) electrons. The number of pyridine rings is 1. The molecule has 16 heteroatoms. The zero-order valence-corrected chi connectivity index (χ0v) is 36.9. The predicted molar refractivity (Wildman–Crippen MR) is 230 cm³/mol.